The monoisotopic (exact) mass is 261 g/mol. The first-order chi connectivity index (χ1) is 9.27. The summed E-state index contributed by atoms with van der Waals surface area (Å²) in [5.74, 6) is 0.910. The van der Waals surface area contributed by atoms with Crippen LogP contribution in [-0.4, -0.2) is 21.9 Å². The van der Waals surface area contributed by atoms with Crippen molar-refractivity contribution in [2.45, 2.75) is 70.4 Å². The van der Waals surface area contributed by atoms with Crippen molar-refractivity contribution < 1.29 is 0 Å². The van der Waals surface area contributed by atoms with Crippen molar-refractivity contribution in [3.63, 3.8) is 0 Å². The lowest BCUT2D eigenvalue weighted by molar-refractivity contribution is 0.317. The van der Waals surface area contributed by atoms with Crippen molar-refractivity contribution in [2.24, 2.45) is 5.92 Å². The van der Waals surface area contributed by atoms with E-state index < -0.39 is 0 Å². The Hall–Kier alpha value is -0.830. The van der Waals surface area contributed by atoms with Crippen LogP contribution in [0.3, 0.4) is 0 Å². The molecule has 3 nitrogen and oxygen atoms in total. The van der Waals surface area contributed by atoms with Gasteiger partial charge in [-0.25, -0.2) is 0 Å². The zero-order chi connectivity index (χ0) is 13.3. The SMILES string of the molecule is CCC(CC)n1ccc(CC2(C3CC3)CCCN2)n1. The van der Waals surface area contributed by atoms with Crippen LogP contribution in [0.15, 0.2) is 12.3 Å². The first-order valence-corrected chi connectivity index (χ1v) is 8.06. The second-order valence-electron chi connectivity index (χ2n) is 6.39. The standard InChI is InChI=1S/C16H27N3/c1-3-15(4-2)19-11-8-14(18-19)12-16(13-6-7-13)9-5-10-17-16/h8,11,13,15,17H,3-7,9-10,12H2,1-2H3. The molecule has 3 rings (SSSR count). The van der Waals surface area contributed by atoms with Gasteiger partial charge in [0.25, 0.3) is 0 Å². The van der Waals surface area contributed by atoms with E-state index in [9.17, 15) is 0 Å². The van der Waals surface area contributed by atoms with Crippen LogP contribution >= 0.6 is 0 Å². The highest BCUT2D eigenvalue weighted by atomic mass is 15.3. The Kier molecular flexibility index (Phi) is 3.66. The summed E-state index contributed by atoms with van der Waals surface area (Å²) in [6.07, 6.45) is 11.2. The molecule has 1 atom stereocenters. The minimum Gasteiger partial charge on any atom is -0.311 e. The van der Waals surface area contributed by atoms with E-state index in [0.717, 1.165) is 12.3 Å². The van der Waals surface area contributed by atoms with Gasteiger partial charge in [0.2, 0.25) is 0 Å². The fourth-order valence-corrected chi connectivity index (χ4v) is 3.77. The molecule has 106 valence electrons. The topological polar surface area (TPSA) is 29.9 Å². The Morgan fingerprint density at radius 1 is 1.42 bits per heavy atom. The molecule has 0 spiro atoms. The van der Waals surface area contributed by atoms with Gasteiger partial charge < -0.3 is 5.32 Å². The number of aromatic nitrogens is 2. The molecule has 0 radical (unpaired) electrons. The van der Waals surface area contributed by atoms with E-state index in [1.165, 1.54) is 50.8 Å². The first-order valence-electron chi connectivity index (χ1n) is 8.06. The van der Waals surface area contributed by atoms with E-state index in [1.807, 2.05) is 0 Å². The lowest BCUT2D eigenvalue weighted by atomic mass is 9.86. The van der Waals surface area contributed by atoms with Crippen molar-refractivity contribution >= 4 is 0 Å². The van der Waals surface area contributed by atoms with E-state index in [4.69, 9.17) is 5.10 Å². The van der Waals surface area contributed by atoms with E-state index in [2.05, 4.69) is 36.1 Å². The van der Waals surface area contributed by atoms with Crippen LogP contribution in [-0.2, 0) is 6.42 Å². The molecule has 1 saturated heterocycles. The Morgan fingerprint density at radius 3 is 2.79 bits per heavy atom. The molecule has 2 fully saturated rings. The predicted molar refractivity (Wildman–Crippen MR) is 78.2 cm³/mol. The minimum absolute atomic E-state index is 0.382. The van der Waals surface area contributed by atoms with Gasteiger partial charge in [-0.3, -0.25) is 4.68 Å². The summed E-state index contributed by atoms with van der Waals surface area (Å²) in [4.78, 5) is 0. The molecule has 1 saturated carbocycles. The van der Waals surface area contributed by atoms with Crippen molar-refractivity contribution in [1.82, 2.24) is 15.1 Å². The lowest BCUT2D eigenvalue weighted by Gasteiger charge is -2.29. The number of rotatable bonds is 6. The molecular formula is C16H27N3. The summed E-state index contributed by atoms with van der Waals surface area (Å²) in [5, 5.41) is 8.65. The van der Waals surface area contributed by atoms with E-state index in [-0.39, 0.29) is 0 Å². The summed E-state index contributed by atoms with van der Waals surface area (Å²) in [6.45, 7) is 5.70. The van der Waals surface area contributed by atoms with Gasteiger partial charge in [-0.2, -0.15) is 5.10 Å². The van der Waals surface area contributed by atoms with Crippen LogP contribution in [0.4, 0.5) is 0 Å². The third-order valence-electron chi connectivity index (χ3n) is 5.11. The molecule has 2 heterocycles. The highest BCUT2D eigenvalue weighted by Gasteiger charge is 2.46. The number of nitrogens with zero attached hydrogens (tertiary/aromatic N) is 2. The van der Waals surface area contributed by atoms with E-state index in [1.54, 1.807) is 0 Å². The lowest BCUT2D eigenvalue weighted by Crippen LogP contribution is -2.44. The van der Waals surface area contributed by atoms with Gasteiger partial charge in [-0.15, -0.1) is 0 Å². The molecule has 0 aromatic carbocycles. The summed E-state index contributed by atoms with van der Waals surface area (Å²) >= 11 is 0. The Balaban J connectivity index is 1.72. The highest BCUT2D eigenvalue weighted by Crippen LogP contribution is 2.45. The summed E-state index contributed by atoms with van der Waals surface area (Å²) in [7, 11) is 0. The van der Waals surface area contributed by atoms with Crippen molar-refractivity contribution in [3.8, 4) is 0 Å². The number of hydrogen-bond donors (Lipinski definition) is 1. The maximum absolute atomic E-state index is 4.85. The zero-order valence-electron chi connectivity index (χ0n) is 12.4. The molecule has 3 heteroatoms. The molecule has 0 bridgehead atoms. The van der Waals surface area contributed by atoms with Crippen LogP contribution in [0.2, 0.25) is 0 Å². The molecule has 19 heavy (non-hydrogen) atoms. The highest BCUT2D eigenvalue weighted by molar-refractivity contribution is 5.13. The smallest absolute Gasteiger partial charge is 0.0643 e. The quantitative estimate of drug-likeness (QED) is 0.851. The van der Waals surface area contributed by atoms with Crippen LogP contribution in [0.25, 0.3) is 0 Å². The minimum atomic E-state index is 0.382. The van der Waals surface area contributed by atoms with Gasteiger partial charge in [0.05, 0.1) is 11.7 Å². The second-order valence-corrected chi connectivity index (χ2v) is 6.39. The van der Waals surface area contributed by atoms with Crippen LogP contribution in [0.1, 0.15) is 64.1 Å². The van der Waals surface area contributed by atoms with Crippen molar-refractivity contribution in [3.05, 3.63) is 18.0 Å². The molecule has 1 aliphatic carbocycles. The molecule has 1 aliphatic heterocycles. The third kappa shape index (κ3) is 2.58. The molecule has 1 aromatic heterocycles. The molecular weight excluding hydrogens is 234 g/mol. The summed E-state index contributed by atoms with van der Waals surface area (Å²) < 4.78 is 2.19. The van der Waals surface area contributed by atoms with Crippen LogP contribution < -0.4 is 5.32 Å². The summed E-state index contributed by atoms with van der Waals surface area (Å²) in [5.41, 5.74) is 1.67. The fourth-order valence-electron chi connectivity index (χ4n) is 3.77. The molecule has 1 aromatic rings. The van der Waals surface area contributed by atoms with Gasteiger partial charge in [0, 0.05) is 18.2 Å². The largest absolute Gasteiger partial charge is 0.311 e. The fraction of sp³-hybridized carbons (Fsp3) is 0.812. The van der Waals surface area contributed by atoms with Crippen molar-refractivity contribution in [1.29, 1.82) is 0 Å². The predicted octanol–water partition coefficient (Wildman–Crippen LogP) is 3.32. The van der Waals surface area contributed by atoms with Gasteiger partial charge in [0.1, 0.15) is 0 Å². The van der Waals surface area contributed by atoms with Crippen LogP contribution in [0, 0.1) is 5.92 Å². The maximum atomic E-state index is 4.85. The van der Waals surface area contributed by atoms with Gasteiger partial charge in [0.15, 0.2) is 0 Å². The van der Waals surface area contributed by atoms with E-state index >= 15 is 0 Å². The van der Waals surface area contributed by atoms with Gasteiger partial charge in [-0.1, -0.05) is 13.8 Å². The Morgan fingerprint density at radius 2 is 2.21 bits per heavy atom. The van der Waals surface area contributed by atoms with Gasteiger partial charge >= 0.3 is 0 Å². The van der Waals surface area contributed by atoms with Gasteiger partial charge in [-0.05, 0) is 57.1 Å². The molecule has 0 amide bonds. The summed E-state index contributed by atoms with van der Waals surface area (Å²) in [6, 6.07) is 2.81. The maximum Gasteiger partial charge on any atom is 0.0643 e. The van der Waals surface area contributed by atoms with Crippen LogP contribution in [0.5, 0.6) is 0 Å². The zero-order valence-corrected chi connectivity index (χ0v) is 12.4. The first kappa shape index (κ1) is 13.2. The third-order valence-corrected chi connectivity index (χ3v) is 5.11. The Labute approximate surface area is 116 Å². The average molecular weight is 261 g/mol. The number of nitrogens with one attached hydrogen (secondary N) is 1. The normalized spacial score (nSPS) is 27.3. The average Bonchev–Trinajstić information content (AvgIpc) is 3.03. The Bertz CT molecular complexity index is 409. The van der Waals surface area contributed by atoms with E-state index in [0.29, 0.717) is 11.6 Å². The molecule has 1 N–H and O–H groups in total. The molecule has 2 aliphatic rings. The van der Waals surface area contributed by atoms with Crippen molar-refractivity contribution in [2.75, 3.05) is 6.54 Å². The second kappa shape index (κ2) is 5.28. The number of hydrogen-bond acceptors (Lipinski definition) is 2. The molecule has 1 unspecified atom stereocenters.